The molecule has 0 bridgehead atoms. The van der Waals surface area contributed by atoms with E-state index in [1.807, 2.05) is 0 Å². The number of nitrogens with two attached hydrogens (primary N) is 1. The monoisotopic (exact) mass is 186 g/mol. The first-order valence-corrected chi connectivity index (χ1v) is 3.44. The summed E-state index contributed by atoms with van der Waals surface area (Å²) in [6, 6.07) is 0. The minimum atomic E-state index is 0.0135. The summed E-state index contributed by atoms with van der Waals surface area (Å²) in [5, 5.41) is 6.96. The summed E-state index contributed by atoms with van der Waals surface area (Å²) in [7, 11) is 1.42. The molecule has 3 N–H and O–H groups in total. The van der Waals surface area contributed by atoms with Crippen LogP contribution in [0.1, 0.15) is 5.69 Å². The fourth-order valence-electron chi connectivity index (χ4n) is 0.704. The van der Waals surface area contributed by atoms with Crippen LogP contribution in [0.5, 0.6) is 5.88 Å². The maximum atomic E-state index is 6.94. The zero-order valence-corrected chi connectivity index (χ0v) is 7.09. The van der Waals surface area contributed by atoms with E-state index in [4.69, 9.17) is 27.5 Å². The van der Waals surface area contributed by atoms with Crippen LogP contribution in [0, 0.1) is 5.41 Å². The minimum Gasteiger partial charge on any atom is -0.479 e. The molecule has 0 saturated carbocycles. The van der Waals surface area contributed by atoms with Crippen molar-refractivity contribution in [2.24, 2.45) is 0 Å². The number of halogens is 1. The van der Waals surface area contributed by atoms with Gasteiger partial charge in [0.25, 0.3) is 0 Å². The predicted molar refractivity (Wildman–Crippen MR) is 45.9 cm³/mol. The molecule has 0 aliphatic carbocycles. The van der Waals surface area contributed by atoms with Gasteiger partial charge in [-0.2, -0.15) is 4.98 Å². The SMILES string of the molecule is COc1nc(Cl)nc(C=N)c1N. The summed E-state index contributed by atoms with van der Waals surface area (Å²) >= 11 is 5.52. The van der Waals surface area contributed by atoms with Crippen LogP contribution < -0.4 is 10.5 Å². The van der Waals surface area contributed by atoms with Crippen molar-refractivity contribution >= 4 is 23.5 Å². The minimum absolute atomic E-state index is 0.0135. The van der Waals surface area contributed by atoms with E-state index < -0.39 is 0 Å². The Balaban J connectivity index is 3.31. The van der Waals surface area contributed by atoms with Crippen LogP contribution in [0.4, 0.5) is 5.69 Å². The standard InChI is InChI=1S/C6H7ClN4O/c1-12-5-4(9)3(2-8)10-6(7)11-5/h2,8H,9H2,1H3. The van der Waals surface area contributed by atoms with E-state index in [1.54, 1.807) is 0 Å². The second kappa shape index (κ2) is 3.36. The van der Waals surface area contributed by atoms with E-state index in [9.17, 15) is 0 Å². The molecular formula is C6H7ClN4O. The van der Waals surface area contributed by atoms with Gasteiger partial charge in [-0.1, -0.05) is 0 Å². The van der Waals surface area contributed by atoms with Crippen LogP contribution in [-0.2, 0) is 0 Å². The molecule has 0 fully saturated rings. The van der Waals surface area contributed by atoms with E-state index in [-0.39, 0.29) is 22.5 Å². The summed E-state index contributed by atoms with van der Waals surface area (Å²) in [4.78, 5) is 7.41. The lowest BCUT2D eigenvalue weighted by atomic mass is 10.3. The Morgan fingerprint density at radius 3 is 2.75 bits per heavy atom. The lowest BCUT2D eigenvalue weighted by Crippen LogP contribution is -2.03. The molecule has 0 amide bonds. The molecule has 0 aliphatic rings. The molecule has 0 spiro atoms. The second-order valence-corrected chi connectivity index (χ2v) is 2.28. The van der Waals surface area contributed by atoms with Gasteiger partial charge in [-0.15, -0.1) is 0 Å². The predicted octanol–water partition coefficient (Wildman–Crippen LogP) is 0.718. The second-order valence-electron chi connectivity index (χ2n) is 1.95. The number of rotatable bonds is 2. The highest BCUT2D eigenvalue weighted by Gasteiger charge is 2.08. The van der Waals surface area contributed by atoms with Crippen LogP contribution in [0.15, 0.2) is 0 Å². The highest BCUT2D eigenvalue weighted by atomic mass is 35.5. The number of nitrogens with one attached hydrogen (secondary N) is 1. The smallest absolute Gasteiger partial charge is 0.242 e. The quantitative estimate of drug-likeness (QED) is 0.527. The summed E-state index contributed by atoms with van der Waals surface area (Å²) in [6.07, 6.45) is 0.991. The van der Waals surface area contributed by atoms with Gasteiger partial charge in [0.05, 0.1) is 7.11 Å². The van der Waals surface area contributed by atoms with Gasteiger partial charge in [0.15, 0.2) is 0 Å². The van der Waals surface area contributed by atoms with E-state index in [0.29, 0.717) is 0 Å². The summed E-state index contributed by atoms with van der Waals surface area (Å²) in [6.45, 7) is 0. The number of hydrogen-bond acceptors (Lipinski definition) is 5. The first-order chi connectivity index (χ1) is 5.69. The number of hydrogen-bond donors (Lipinski definition) is 2. The largest absolute Gasteiger partial charge is 0.479 e. The van der Waals surface area contributed by atoms with Crippen molar-refractivity contribution in [3.05, 3.63) is 11.0 Å². The lowest BCUT2D eigenvalue weighted by Gasteiger charge is -2.04. The fraction of sp³-hybridized carbons (Fsp3) is 0.167. The normalized spacial score (nSPS) is 9.50. The number of anilines is 1. The van der Waals surface area contributed by atoms with Crippen molar-refractivity contribution in [2.75, 3.05) is 12.8 Å². The van der Waals surface area contributed by atoms with Gasteiger partial charge in [0.1, 0.15) is 11.4 Å². The topological polar surface area (TPSA) is 84.9 Å². The van der Waals surface area contributed by atoms with Gasteiger partial charge in [-0.05, 0) is 11.6 Å². The molecule has 0 saturated heterocycles. The van der Waals surface area contributed by atoms with Crippen molar-refractivity contribution in [1.29, 1.82) is 5.41 Å². The number of aromatic nitrogens is 2. The molecule has 1 heterocycles. The van der Waals surface area contributed by atoms with Crippen LogP contribution in [0.2, 0.25) is 5.28 Å². The first kappa shape index (κ1) is 8.73. The number of methoxy groups -OCH3 is 1. The average molecular weight is 187 g/mol. The van der Waals surface area contributed by atoms with Crippen molar-refractivity contribution in [1.82, 2.24) is 9.97 Å². The van der Waals surface area contributed by atoms with Gasteiger partial charge in [-0.25, -0.2) is 4.98 Å². The summed E-state index contributed by atoms with van der Waals surface area (Å²) in [5.74, 6) is 0.188. The van der Waals surface area contributed by atoms with Crippen LogP contribution in [-0.4, -0.2) is 23.3 Å². The van der Waals surface area contributed by atoms with E-state index in [2.05, 4.69) is 9.97 Å². The Morgan fingerprint density at radius 2 is 2.25 bits per heavy atom. The van der Waals surface area contributed by atoms with Crippen LogP contribution >= 0.6 is 11.6 Å². The molecule has 5 nitrogen and oxygen atoms in total. The maximum absolute atomic E-state index is 6.94. The molecule has 0 unspecified atom stereocenters. The molecular weight excluding hydrogens is 180 g/mol. The summed E-state index contributed by atoms with van der Waals surface area (Å²) in [5.41, 5.74) is 5.99. The van der Waals surface area contributed by atoms with Crippen molar-refractivity contribution < 1.29 is 4.74 Å². The van der Waals surface area contributed by atoms with Crippen LogP contribution in [0.25, 0.3) is 0 Å². The zero-order chi connectivity index (χ0) is 9.14. The molecule has 1 aromatic rings. The highest BCUT2D eigenvalue weighted by molar-refractivity contribution is 6.28. The van der Waals surface area contributed by atoms with Gasteiger partial charge in [-0.3, -0.25) is 0 Å². The fourth-order valence-corrected chi connectivity index (χ4v) is 0.872. The van der Waals surface area contributed by atoms with Crippen molar-refractivity contribution in [3.8, 4) is 5.88 Å². The number of ether oxygens (including phenoxy) is 1. The Bertz CT molecular complexity index is 315. The third-order valence-corrected chi connectivity index (χ3v) is 1.41. The third-order valence-electron chi connectivity index (χ3n) is 1.24. The van der Waals surface area contributed by atoms with Gasteiger partial charge in [0, 0.05) is 6.21 Å². The summed E-state index contributed by atoms with van der Waals surface area (Å²) < 4.78 is 4.80. The molecule has 1 rings (SSSR count). The lowest BCUT2D eigenvalue weighted by molar-refractivity contribution is 0.399. The van der Waals surface area contributed by atoms with E-state index >= 15 is 0 Å². The van der Waals surface area contributed by atoms with Gasteiger partial charge >= 0.3 is 0 Å². The van der Waals surface area contributed by atoms with E-state index in [1.165, 1.54) is 7.11 Å². The molecule has 0 aromatic carbocycles. The molecule has 6 heteroatoms. The molecule has 12 heavy (non-hydrogen) atoms. The number of nitrogen functional groups attached to an aromatic ring is 1. The third kappa shape index (κ3) is 1.45. The Labute approximate surface area is 74.0 Å². The number of nitrogens with zero attached hydrogens (tertiary/aromatic N) is 2. The Morgan fingerprint density at radius 1 is 1.58 bits per heavy atom. The molecule has 0 radical (unpaired) electrons. The Hall–Kier alpha value is -1.36. The van der Waals surface area contributed by atoms with Crippen LogP contribution in [0.3, 0.4) is 0 Å². The Kier molecular flexibility index (Phi) is 2.44. The maximum Gasteiger partial charge on any atom is 0.242 e. The first-order valence-electron chi connectivity index (χ1n) is 3.06. The van der Waals surface area contributed by atoms with Gasteiger partial charge < -0.3 is 15.9 Å². The average Bonchev–Trinajstić information content (AvgIpc) is 2.08. The molecule has 0 atom stereocenters. The highest BCUT2D eigenvalue weighted by Crippen LogP contribution is 2.21. The molecule has 0 aliphatic heterocycles. The van der Waals surface area contributed by atoms with Gasteiger partial charge in [0.2, 0.25) is 11.2 Å². The zero-order valence-electron chi connectivity index (χ0n) is 6.34. The molecule has 64 valence electrons. The van der Waals surface area contributed by atoms with Crippen molar-refractivity contribution in [2.45, 2.75) is 0 Å². The van der Waals surface area contributed by atoms with E-state index in [0.717, 1.165) is 6.21 Å². The molecule has 1 aromatic heterocycles. The van der Waals surface area contributed by atoms with Crippen molar-refractivity contribution in [3.63, 3.8) is 0 Å².